The molecule has 0 saturated carbocycles. The molecule has 0 spiro atoms. The lowest BCUT2D eigenvalue weighted by Gasteiger charge is -2.04. The number of hydrogen-bond donors (Lipinski definition) is 3. The molecule has 0 aliphatic heterocycles. The van der Waals surface area contributed by atoms with Gasteiger partial charge in [-0.25, -0.2) is 14.6 Å². The number of rotatable bonds is 3. The van der Waals surface area contributed by atoms with Gasteiger partial charge in [0.1, 0.15) is 5.69 Å². The number of pyridine rings is 1. The number of nitrogens with zero attached hydrogens (tertiary/aromatic N) is 5. The number of tetrazole rings is 1. The van der Waals surface area contributed by atoms with E-state index in [1.807, 2.05) is 0 Å². The van der Waals surface area contributed by atoms with Crippen LogP contribution in [0.1, 0.15) is 10.5 Å². The van der Waals surface area contributed by atoms with Crippen molar-refractivity contribution in [2.75, 3.05) is 10.6 Å². The molecule has 2 aromatic rings. The van der Waals surface area contributed by atoms with Crippen LogP contribution in [0.2, 0.25) is 0 Å². The summed E-state index contributed by atoms with van der Waals surface area (Å²) in [4.78, 5) is 27.0. The average molecular weight is 263 g/mol. The number of amides is 2. The maximum absolute atomic E-state index is 11.5. The molecule has 0 radical (unpaired) electrons. The Labute approximate surface area is 106 Å². The number of aromatic nitrogens is 5. The van der Waals surface area contributed by atoms with Gasteiger partial charge in [-0.2, -0.15) is 4.80 Å². The second-order valence-corrected chi connectivity index (χ2v) is 3.42. The maximum Gasteiger partial charge on any atom is 0.354 e. The third kappa shape index (κ3) is 3.21. The number of nitrogens with one attached hydrogen (secondary N) is 2. The topological polar surface area (TPSA) is 135 Å². The van der Waals surface area contributed by atoms with Crippen LogP contribution in [0.5, 0.6) is 0 Å². The number of carboxylic acid groups (broad SMARTS) is 1. The van der Waals surface area contributed by atoms with Crippen molar-refractivity contribution in [3.8, 4) is 0 Å². The first-order valence-corrected chi connectivity index (χ1v) is 5.06. The molecular weight excluding hydrogens is 254 g/mol. The molecule has 3 N–H and O–H groups in total. The molecule has 0 bridgehead atoms. The molecule has 0 aromatic carbocycles. The Morgan fingerprint density at radius 3 is 2.63 bits per heavy atom. The first-order chi connectivity index (χ1) is 9.04. The number of carboxylic acids is 1. The highest BCUT2D eigenvalue weighted by Gasteiger charge is 2.08. The summed E-state index contributed by atoms with van der Waals surface area (Å²) in [5, 5.41) is 24.3. The van der Waals surface area contributed by atoms with Crippen LogP contribution in [-0.2, 0) is 7.05 Å². The van der Waals surface area contributed by atoms with Crippen molar-refractivity contribution >= 4 is 23.6 Å². The monoisotopic (exact) mass is 263 g/mol. The van der Waals surface area contributed by atoms with Crippen molar-refractivity contribution in [1.29, 1.82) is 0 Å². The van der Waals surface area contributed by atoms with Crippen LogP contribution in [0.25, 0.3) is 0 Å². The van der Waals surface area contributed by atoms with Gasteiger partial charge in [-0.05, 0) is 17.3 Å². The molecule has 0 unspecified atom stereocenters. The summed E-state index contributed by atoms with van der Waals surface area (Å²) in [6.45, 7) is 0. The van der Waals surface area contributed by atoms with E-state index in [4.69, 9.17) is 5.11 Å². The summed E-state index contributed by atoms with van der Waals surface area (Å²) in [5.41, 5.74) is 0.230. The lowest BCUT2D eigenvalue weighted by atomic mass is 10.3. The maximum atomic E-state index is 11.5. The molecule has 0 atom stereocenters. The highest BCUT2D eigenvalue weighted by molar-refractivity contribution is 5.98. The fourth-order valence-corrected chi connectivity index (χ4v) is 1.19. The van der Waals surface area contributed by atoms with E-state index in [0.29, 0.717) is 5.69 Å². The van der Waals surface area contributed by atoms with Crippen molar-refractivity contribution in [2.45, 2.75) is 0 Å². The molecule has 0 aliphatic rings. The van der Waals surface area contributed by atoms with Crippen LogP contribution < -0.4 is 10.6 Å². The number of anilines is 2. The predicted molar refractivity (Wildman–Crippen MR) is 62.6 cm³/mol. The molecule has 2 rings (SSSR count). The van der Waals surface area contributed by atoms with Crippen LogP contribution in [0, 0.1) is 0 Å². The van der Waals surface area contributed by atoms with E-state index in [9.17, 15) is 9.59 Å². The highest BCUT2D eigenvalue weighted by atomic mass is 16.4. The quantitative estimate of drug-likeness (QED) is 0.706. The van der Waals surface area contributed by atoms with Crippen LogP contribution in [0.15, 0.2) is 18.3 Å². The largest absolute Gasteiger partial charge is 0.477 e. The second kappa shape index (κ2) is 5.08. The van der Waals surface area contributed by atoms with E-state index >= 15 is 0 Å². The number of aryl methyl sites for hydroxylation is 1. The van der Waals surface area contributed by atoms with Crippen molar-refractivity contribution in [1.82, 2.24) is 25.2 Å². The SMILES string of the molecule is Cn1nnc(NC(=O)Nc2ccc(C(=O)O)nc2)n1. The Bertz CT molecular complexity index is 607. The van der Waals surface area contributed by atoms with E-state index in [-0.39, 0.29) is 11.6 Å². The summed E-state index contributed by atoms with van der Waals surface area (Å²) in [6.07, 6.45) is 1.23. The predicted octanol–water partition coefficient (Wildman–Crippen LogP) is -0.0527. The van der Waals surface area contributed by atoms with Crippen molar-refractivity contribution in [3.63, 3.8) is 0 Å². The Hall–Kier alpha value is -3.04. The third-order valence-corrected chi connectivity index (χ3v) is 1.97. The summed E-state index contributed by atoms with van der Waals surface area (Å²) in [5.74, 6) is -1.09. The lowest BCUT2D eigenvalue weighted by molar-refractivity contribution is 0.0690. The van der Waals surface area contributed by atoms with Gasteiger partial charge in [0, 0.05) is 0 Å². The highest BCUT2D eigenvalue weighted by Crippen LogP contribution is 2.06. The van der Waals surface area contributed by atoms with Crippen molar-refractivity contribution in [2.24, 2.45) is 7.05 Å². The Morgan fingerprint density at radius 1 is 1.32 bits per heavy atom. The van der Waals surface area contributed by atoms with E-state index in [0.717, 1.165) is 0 Å². The van der Waals surface area contributed by atoms with Crippen LogP contribution in [-0.4, -0.2) is 42.3 Å². The number of carbonyl (C=O) groups is 2. The van der Waals surface area contributed by atoms with Crippen LogP contribution >= 0.6 is 0 Å². The molecule has 10 heteroatoms. The van der Waals surface area contributed by atoms with Gasteiger partial charge in [-0.3, -0.25) is 5.32 Å². The van der Waals surface area contributed by atoms with E-state index in [1.165, 1.54) is 23.1 Å². The van der Waals surface area contributed by atoms with Crippen molar-refractivity contribution < 1.29 is 14.7 Å². The molecule has 0 fully saturated rings. The zero-order valence-electron chi connectivity index (χ0n) is 9.73. The van der Waals surface area contributed by atoms with Gasteiger partial charge in [0.15, 0.2) is 0 Å². The minimum absolute atomic E-state index is 0.0510. The Balaban J connectivity index is 1.97. The van der Waals surface area contributed by atoms with Gasteiger partial charge >= 0.3 is 12.0 Å². The molecule has 19 heavy (non-hydrogen) atoms. The molecule has 0 aliphatic carbocycles. The fourth-order valence-electron chi connectivity index (χ4n) is 1.19. The van der Waals surface area contributed by atoms with Gasteiger partial charge in [-0.1, -0.05) is 5.10 Å². The summed E-state index contributed by atoms with van der Waals surface area (Å²) < 4.78 is 0. The second-order valence-electron chi connectivity index (χ2n) is 3.42. The molecule has 2 amide bonds. The number of urea groups is 1. The molecule has 98 valence electrons. The molecule has 10 nitrogen and oxygen atoms in total. The van der Waals surface area contributed by atoms with Crippen LogP contribution in [0.4, 0.5) is 16.4 Å². The first-order valence-electron chi connectivity index (χ1n) is 5.06. The molecule has 2 heterocycles. The van der Waals surface area contributed by atoms with E-state index < -0.39 is 12.0 Å². The van der Waals surface area contributed by atoms with Gasteiger partial charge in [0.25, 0.3) is 5.95 Å². The number of carbonyl (C=O) groups excluding carboxylic acids is 1. The number of aromatic carboxylic acids is 1. The standard InChI is InChI=1S/C9H9N7O3/c1-16-14-8(13-15-16)12-9(19)11-5-2-3-6(7(17)18)10-4-5/h2-4H,1H3,(H,17,18)(H2,11,12,14,19). The minimum Gasteiger partial charge on any atom is -0.477 e. The smallest absolute Gasteiger partial charge is 0.354 e. The number of hydrogen-bond acceptors (Lipinski definition) is 6. The zero-order chi connectivity index (χ0) is 13.8. The third-order valence-electron chi connectivity index (χ3n) is 1.97. The average Bonchev–Trinajstić information content (AvgIpc) is 2.75. The van der Waals surface area contributed by atoms with Crippen molar-refractivity contribution in [3.05, 3.63) is 24.0 Å². The van der Waals surface area contributed by atoms with Gasteiger partial charge in [0.05, 0.1) is 18.9 Å². The summed E-state index contributed by atoms with van der Waals surface area (Å²) in [7, 11) is 1.56. The zero-order valence-corrected chi connectivity index (χ0v) is 9.73. The lowest BCUT2D eigenvalue weighted by Crippen LogP contribution is -2.20. The summed E-state index contributed by atoms with van der Waals surface area (Å²) in [6, 6.07) is 2.11. The van der Waals surface area contributed by atoms with Gasteiger partial charge < -0.3 is 10.4 Å². The van der Waals surface area contributed by atoms with Crippen LogP contribution in [0.3, 0.4) is 0 Å². The normalized spacial score (nSPS) is 9.95. The van der Waals surface area contributed by atoms with E-state index in [1.54, 1.807) is 7.05 Å². The fraction of sp³-hybridized carbons (Fsp3) is 0.111. The Kier molecular flexibility index (Phi) is 3.32. The molecule has 2 aromatic heterocycles. The summed E-state index contributed by atoms with van der Waals surface area (Å²) >= 11 is 0. The first kappa shape index (κ1) is 12.4. The molecule has 0 saturated heterocycles. The Morgan fingerprint density at radius 2 is 2.11 bits per heavy atom. The van der Waals surface area contributed by atoms with Gasteiger partial charge in [0.2, 0.25) is 0 Å². The van der Waals surface area contributed by atoms with Gasteiger partial charge in [-0.15, -0.1) is 5.10 Å². The minimum atomic E-state index is -1.14. The van der Waals surface area contributed by atoms with E-state index in [2.05, 4.69) is 31.0 Å². The molecular formula is C9H9N7O3.